The van der Waals surface area contributed by atoms with Gasteiger partial charge < -0.3 is 10.8 Å². The van der Waals surface area contributed by atoms with Crippen LogP contribution in [0.25, 0.3) is 5.82 Å². The predicted octanol–water partition coefficient (Wildman–Crippen LogP) is 1.61. The van der Waals surface area contributed by atoms with Crippen molar-refractivity contribution < 1.29 is 31.9 Å². The molecule has 0 saturated carbocycles. The molecule has 0 radical (unpaired) electrons. The zero-order valence-electron chi connectivity index (χ0n) is 18.2. The summed E-state index contributed by atoms with van der Waals surface area (Å²) in [6.07, 6.45) is -0.778. The highest BCUT2D eigenvalue weighted by molar-refractivity contribution is 5.73. The van der Waals surface area contributed by atoms with Crippen molar-refractivity contribution >= 4 is 5.97 Å². The minimum Gasteiger partial charge on any atom is -0.475 e. The minimum atomic E-state index is -5.08. The average molecular weight is 499 g/mol. The summed E-state index contributed by atoms with van der Waals surface area (Å²) in [5, 5.41) is 15.0. The molecule has 0 unspecified atom stereocenters. The number of alkyl halides is 3. The number of pyridine rings is 1. The van der Waals surface area contributed by atoms with Crippen molar-refractivity contribution in [3.63, 3.8) is 0 Å². The molecular weight excluding hydrogens is 481 g/mol. The number of carboxylic acid groups (broad SMARTS) is 1. The normalized spacial score (nSPS) is 10.6. The fourth-order valence-corrected chi connectivity index (χ4v) is 2.49. The van der Waals surface area contributed by atoms with E-state index in [1.54, 1.807) is 37.1 Å². The molecule has 0 atom stereocenters. The lowest BCUT2D eigenvalue weighted by Gasteiger charge is -2.05. The Bertz CT molecular complexity index is 1360. The molecule has 0 aromatic carbocycles. The van der Waals surface area contributed by atoms with Crippen molar-refractivity contribution in [2.45, 2.75) is 19.6 Å². The number of hydrogen-bond donors (Lipinski definition) is 2. The Morgan fingerprint density at radius 1 is 1.17 bits per heavy atom. The predicted molar refractivity (Wildman–Crippen MR) is 112 cm³/mol. The summed E-state index contributed by atoms with van der Waals surface area (Å²) >= 11 is 0. The summed E-state index contributed by atoms with van der Waals surface area (Å²) in [6.45, 7) is 1.04. The molecule has 0 aliphatic rings. The van der Waals surface area contributed by atoms with Crippen molar-refractivity contribution in [3.05, 3.63) is 69.8 Å². The first-order valence-electron chi connectivity index (χ1n) is 9.48. The molecule has 0 bridgehead atoms. The van der Waals surface area contributed by atoms with Crippen LogP contribution in [0.4, 0.5) is 22.0 Å². The topological polar surface area (TPSA) is 134 Å². The van der Waals surface area contributed by atoms with Crippen LogP contribution in [0.5, 0.6) is 0 Å². The number of carbonyl (C=O) groups is 1. The summed E-state index contributed by atoms with van der Waals surface area (Å²) in [5.74, 6) is 3.55. The van der Waals surface area contributed by atoms with E-state index in [4.69, 9.17) is 15.6 Å². The molecule has 35 heavy (non-hydrogen) atoms. The van der Waals surface area contributed by atoms with Gasteiger partial charge >= 0.3 is 17.8 Å². The molecule has 0 aliphatic heterocycles. The van der Waals surface area contributed by atoms with Gasteiger partial charge in [0.05, 0.1) is 18.3 Å². The maximum Gasteiger partial charge on any atom is 0.490 e. The molecule has 186 valence electrons. The van der Waals surface area contributed by atoms with Crippen molar-refractivity contribution in [3.8, 4) is 17.7 Å². The molecule has 0 amide bonds. The molecule has 3 N–H and O–H groups in total. The Labute approximate surface area is 194 Å². The fraction of sp³-hybridized carbons (Fsp3) is 0.250. The Balaban J connectivity index is 0.000000540. The lowest BCUT2D eigenvalue weighted by molar-refractivity contribution is -0.192. The first kappa shape index (κ1) is 26.9. The van der Waals surface area contributed by atoms with Gasteiger partial charge in [-0.15, -0.1) is 0 Å². The van der Waals surface area contributed by atoms with E-state index in [0.717, 1.165) is 10.2 Å². The molecule has 0 aliphatic carbocycles. The van der Waals surface area contributed by atoms with Crippen molar-refractivity contribution in [2.24, 2.45) is 12.8 Å². The van der Waals surface area contributed by atoms with E-state index in [2.05, 4.69) is 27.0 Å². The highest BCUT2D eigenvalue weighted by Gasteiger charge is 2.38. The molecule has 0 saturated heterocycles. The van der Waals surface area contributed by atoms with E-state index in [0.29, 0.717) is 16.9 Å². The van der Waals surface area contributed by atoms with Gasteiger partial charge in [0.25, 0.3) is 6.08 Å². The number of halogens is 5. The van der Waals surface area contributed by atoms with Crippen LogP contribution in [-0.4, -0.2) is 52.9 Å². The molecule has 15 heteroatoms. The third-order valence-electron chi connectivity index (χ3n) is 4.17. The minimum absolute atomic E-state index is 0.349. The van der Waals surface area contributed by atoms with Gasteiger partial charge in [-0.1, -0.05) is 11.8 Å². The Kier molecular flexibility index (Phi) is 8.62. The summed E-state index contributed by atoms with van der Waals surface area (Å²) in [4.78, 5) is 25.6. The maximum atomic E-state index is 12.8. The smallest absolute Gasteiger partial charge is 0.475 e. The SMILES string of the molecule is Cc1cc(C#Cc2cnn(C)c2)cnc1-n1cnn(CC(CN)=C(F)F)c1=O.O=C(O)C(F)(F)F. The highest BCUT2D eigenvalue weighted by Crippen LogP contribution is 2.13. The maximum absolute atomic E-state index is 12.8. The lowest BCUT2D eigenvalue weighted by atomic mass is 10.2. The van der Waals surface area contributed by atoms with Gasteiger partial charge in [0, 0.05) is 37.1 Å². The van der Waals surface area contributed by atoms with E-state index in [-0.39, 0.29) is 18.7 Å². The Hall–Kier alpha value is -4.32. The lowest BCUT2D eigenvalue weighted by Crippen LogP contribution is -2.27. The third-order valence-corrected chi connectivity index (χ3v) is 4.17. The van der Waals surface area contributed by atoms with Crippen molar-refractivity contribution in [1.29, 1.82) is 0 Å². The van der Waals surface area contributed by atoms with E-state index >= 15 is 0 Å². The molecule has 10 nitrogen and oxygen atoms in total. The number of nitrogens with zero attached hydrogens (tertiary/aromatic N) is 6. The summed E-state index contributed by atoms with van der Waals surface area (Å²) in [7, 11) is 1.80. The quantitative estimate of drug-likeness (QED) is 0.412. The highest BCUT2D eigenvalue weighted by atomic mass is 19.4. The number of hydrogen-bond acceptors (Lipinski definition) is 6. The zero-order valence-corrected chi connectivity index (χ0v) is 18.2. The Morgan fingerprint density at radius 3 is 2.29 bits per heavy atom. The molecular formula is C20H18F5N7O3. The number of aromatic nitrogens is 6. The van der Waals surface area contributed by atoms with Crippen LogP contribution in [0.1, 0.15) is 16.7 Å². The van der Waals surface area contributed by atoms with Crippen LogP contribution in [0, 0.1) is 18.8 Å². The monoisotopic (exact) mass is 499 g/mol. The molecule has 3 heterocycles. The van der Waals surface area contributed by atoms with E-state index in [1.807, 2.05) is 0 Å². The van der Waals surface area contributed by atoms with Crippen LogP contribution < -0.4 is 11.4 Å². The van der Waals surface area contributed by atoms with Gasteiger partial charge in [-0.05, 0) is 18.6 Å². The first-order valence-corrected chi connectivity index (χ1v) is 9.48. The first-order chi connectivity index (χ1) is 16.3. The molecule has 0 spiro atoms. The summed E-state index contributed by atoms with van der Waals surface area (Å²) in [6, 6.07) is 1.78. The van der Waals surface area contributed by atoms with E-state index < -0.39 is 23.9 Å². The second-order valence-corrected chi connectivity index (χ2v) is 6.83. The average Bonchev–Trinajstić information content (AvgIpc) is 3.35. The van der Waals surface area contributed by atoms with Gasteiger partial charge in [0.15, 0.2) is 0 Å². The second-order valence-electron chi connectivity index (χ2n) is 6.83. The summed E-state index contributed by atoms with van der Waals surface area (Å²) < 4.78 is 61.0. The number of nitrogens with two attached hydrogens (primary N) is 1. The van der Waals surface area contributed by atoms with Gasteiger partial charge in [-0.25, -0.2) is 23.8 Å². The van der Waals surface area contributed by atoms with Gasteiger partial charge in [-0.3, -0.25) is 4.68 Å². The largest absolute Gasteiger partial charge is 0.490 e. The molecule has 0 fully saturated rings. The third kappa shape index (κ3) is 7.33. The second kappa shape index (κ2) is 11.2. The fourth-order valence-electron chi connectivity index (χ4n) is 2.49. The number of aliphatic carboxylic acids is 1. The zero-order chi connectivity index (χ0) is 26.3. The Morgan fingerprint density at radius 2 is 1.80 bits per heavy atom. The summed E-state index contributed by atoms with van der Waals surface area (Å²) in [5.41, 5.74) is 6.47. The van der Waals surface area contributed by atoms with E-state index in [9.17, 15) is 26.7 Å². The standard InChI is InChI=1S/C18H17F2N7O.C2HF3O2/c1-12-5-13(3-4-14-8-23-25(2)9-14)7-22-17(12)26-11-24-27(18(26)28)10-15(6-21)16(19)20;3-2(4,5)1(6)7/h5,7-9,11H,6,10,21H2,1-2H3;(H,6,7). The van der Waals surface area contributed by atoms with Crippen LogP contribution in [0.3, 0.4) is 0 Å². The van der Waals surface area contributed by atoms with Gasteiger partial charge in [0.2, 0.25) is 0 Å². The molecule has 3 aromatic heterocycles. The molecule has 3 aromatic rings. The van der Waals surface area contributed by atoms with Crippen molar-refractivity contribution in [2.75, 3.05) is 6.54 Å². The molecule has 3 rings (SSSR count). The number of carboxylic acids is 1. The van der Waals surface area contributed by atoms with Crippen molar-refractivity contribution in [1.82, 2.24) is 29.1 Å². The van der Waals surface area contributed by atoms with E-state index in [1.165, 1.54) is 17.1 Å². The van der Waals surface area contributed by atoms with Gasteiger partial charge in [0.1, 0.15) is 12.1 Å². The van der Waals surface area contributed by atoms with Crippen LogP contribution in [0.15, 0.2) is 47.4 Å². The van der Waals surface area contributed by atoms with Crippen LogP contribution >= 0.6 is 0 Å². The van der Waals surface area contributed by atoms with Crippen LogP contribution in [0.2, 0.25) is 0 Å². The van der Waals surface area contributed by atoms with Crippen LogP contribution in [-0.2, 0) is 18.4 Å². The van der Waals surface area contributed by atoms with Gasteiger partial charge in [-0.2, -0.15) is 32.1 Å². The number of rotatable bonds is 4. The number of aryl methyl sites for hydroxylation is 2.